The topological polar surface area (TPSA) is 115 Å². The van der Waals surface area contributed by atoms with E-state index in [1.807, 2.05) is 22.6 Å². The van der Waals surface area contributed by atoms with E-state index in [0.29, 0.717) is 23.0 Å². The Hall–Kier alpha value is -1.71. The summed E-state index contributed by atoms with van der Waals surface area (Å²) in [4.78, 5) is 32.6. The Kier molecular flexibility index (Phi) is 6.36. The number of hydrogen-bond donors (Lipinski definition) is 2. The molecule has 0 aliphatic carbocycles. The predicted molar refractivity (Wildman–Crippen MR) is 81.2 cm³/mol. The van der Waals surface area contributed by atoms with Gasteiger partial charge in [0.15, 0.2) is 0 Å². The van der Waals surface area contributed by atoms with Crippen molar-refractivity contribution in [2.24, 2.45) is 5.73 Å². The van der Waals surface area contributed by atoms with E-state index in [1.165, 1.54) is 18.2 Å². The van der Waals surface area contributed by atoms with Crippen LogP contribution in [0.1, 0.15) is 29.6 Å². The fourth-order valence-corrected chi connectivity index (χ4v) is 2.10. The summed E-state index contributed by atoms with van der Waals surface area (Å²) in [7, 11) is 0. The standard InChI is InChI=1S/C12H14IN3O4/c13-10-5-4-8(16(19)20)7-9(10)12(18)15-6-2-1-3-11(14)17/h4-5,7H,1-3,6H2,(H2,14,17)(H,15,18). The molecule has 8 heteroatoms. The number of hydrogen-bond acceptors (Lipinski definition) is 4. The first kappa shape index (κ1) is 16.3. The van der Waals surface area contributed by atoms with Gasteiger partial charge in [-0.3, -0.25) is 19.7 Å². The average molecular weight is 391 g/mol. The number of nitrogens with two attached hydrogens (primary N) is 1. The van der Waals surface area contributed by atoms with E-state index in [0.717, 1.165) is 0 Å². The van der Waals surface area contributed by atoms with Crippen LogP contribution < -0.4 is 11.1 Å². The second-order valence-corrected chi connectivity index (χ2v) is 5.26. The molecule has 0 aromatic heterocycles. The van der Waals surface area contributed by atoms with Gasteiger partial charge in [-0.1, -0.05) is 0 Å². The zero-order valence-corrected chi connectivity index (χ0v) is 12.8. The smallest absolute Gasteiger partial charge is 0.270 e. The monoisotopic (exact) mass is 391 g/mol. The lowest BCUT2D eigenvalue weighted by Crippen LogP contribution is -2.25. The third-order valence-corrected chi connectivity index (χ3v) is 3.48. The van der Waals surface area contributed by atoms with Crippen LogP contribution in [0.15, 0.2) is 18.2 Å². The second kappa shape index (κ2) is 7.78. The molecule has 0 atom stereocenters. The molecular formula is C12H14IN3O4. The van der Waals surface area contributed by atoms with Crippen LogP contribution in [-0.4, -0.2) is 23.3 Å². The number of rotatable bonds is 7. The van der Waals surface area contributed by atoms with E-state index in [1.54, 1.807) is 0 Å². The summed E-state index contributed by atoms with van der Waals surface area (Å²) in [6.45, 7) is 0.394. The maximum absolute atomic E-state index is 11.9. The van der Waals surface area contributed by atoms with Gasteiger partial charge in [-0.15, -0.1) is 0 Å². The number of benzene rings is 1. The van der Waals surface area contributed by atoms with Crippen LogP contribution in [0, 0.1) is 13.7 Å². The normalized spacial score (nSPS) is 10.1. The molecule has 0 saturated carbocycles. The van der Waals surface area contributed by atoms with Crippen molar-refractivity contribution in [3.05, 3.63) is 37.4 Å². The molecule has 1 rings (SSSR count). The number of nitrogens with zero attached hydrogens (tertiary/aromatic N) is 1. The van der Waals surface area contributed by atoms with Crippen molar-refractivity contribution in [3.63, 3.8) is 0 Å². The van der Waals surface area contributed by atoms with E-state index in [2.05, 4.69) is 5.32 Å². The highest BCUT2D eigenvalue weighted by Crippen LogP contribution is 2.19. The zero-order valence-electron chi connectivity index (χ0n) is 10.6. The molecule has 0 saturated heterocycles. The first-order chi connectivity index (χ1) is 9.41. The summed E-state index contributed by atoms with van der Waals surface area (Å²) in [6.07, 6.45) is 1.51. The third kappa shape index (κ3) is 5.11. The molecule has 0 fully saturated rings. The number of carbonyl (C=O) groups is 2. The van der Waals surface area contributed by atoms with Crippen molar-refractivity contribution in [1.29, 1.82) is 0 Å². The van der Waals surface area contributed by atoms with Crippen LogP contribution in [0.4, 0.5) is 5.69 Å². The molecule has 0 bridgehead atoms. The molecule has 7 nitrogen and oxygen atoms in total. The first-order valence-corrected chi connectivity index (χ1v) is 7.00. The van der Waals surface area contributed by atoms with Gasteiger partial charge in [-0.25, -0.2) is 0 Å². The third-order valence-electron chi connectivity index (χ3n) is 2.54. The molecule has 0 aliphatic heterocycles. The van der Waals surface area contributed by atoms with Gasteiger partial charge in [0.25, 0.3) is 11.6 Å². The molecule has 1 aromatic rings. The lowest BCUT2D eigenvalue weighted by Gasteiger charge is -2.06. The Morgan fingerprint density at radius 1 is 1.35 bits per heavy atom. The van der Waals surface area contributed by atoms with Crippen LogP contribution in [0.3, 0.4) is 0 Å². The average Bonchev–Trinajstić information content (AvgIpc) is 2.37. The highest BCUT2D eigenvalue weighted by molar-refractivity contribution is 14.1. The summed E-state index contributed by atoms with van der Waals surface area (Å²) < 4.78 is 0.642. The molecule has 0 unspecified atom stereocenters. The minimum Gasteiger partial charge on any atom is -0.370 e. The second-order valence-electron chi connectivity index (χ2n) is 4.10. The van der Waals surface area contributed by atoms with Gasteiger partial charge in [0.2, 0.25) is 5.91 Å². The molecule has 20 heavy (non-hydrogen) atoms. The van der Waals surface area contributed by atoms with Gasteiger partial charge < -0.3 is 11.1 Å². The molecule has 3 N–H and O–H groups in total. The maximum Gasteiger partial charge on any atom is 0.270 e. The Morgan fingerprint density at radius 3 is 2.65 bits per heavy atom. The summed E-state index contributed by atoms with van der Waals surface area (Å²) in [5, 5.41) is 13.3. The van der Waals surface area contributed by atoms with Crippen molar-refractivity contribution in [2.45, 2.75) is 19.3 Å². The number of amides is 2. The molecule has 0 spiro atoms. The molecule has 0 aliphatic rings. The molecular weight excluding hydrogens is 377 g/mol. The zero-order chi connectivity index (χ0) is 15.1. The number of nitrogens with one attached hydrogen (secondary N) is 1. The summed E-state index contributed by atoms with van der Waals surface area (Å²) in [5.41, 5.74) is 5.15. The molecule has 0 radical (unpaired) electrons. The summed E-state index contributed by atoms with van der Waals surface area (Å²) >= 11 is 1.95. The van der Waals surface area contributed by atoms with Crippen molar-refractivity contribution < 1.29 is 14.5 Å². The van der Waals surface area contributed by atoms with Gasteiger partial charge in [-0.05, 0) is 41.5 Å². The number of unbranched alkanes of at least 4 members (excludes halogenated alkanes) is 1. The fourth-order valence-electron chi connectivity index (χ4n) is 1.52. The van der Waals surface area contributed by atoms with Gasteiger partial charge in [0.05, 0.1) is 10.5 Å². The Labute approximate surface area is 129 Å². The molecule has 108 valence electrons. The van der Waals surface area contributed by atoms with E-state index < -0.39 is 4.92 Å². The van der Waals surface area contributed by atoms with Crippen LogP contribution in [-0.2, 0) is 4.79 Å². The SMILES string of the molecule is NC(=O)CCCCNC(=O)c1cc([N+](=O)[O-])ccc1I. The Bertz CT molecular complexity index is 533. The van der Waals surface area contributed by atoms with Crippen LogP contribution >= 0.6 is 22.6 Å². The maximum atomic E-state index is 11.9. The summed E-state index contributed by atoms with van der Waals surface area (Å²) in [5.74, 6) is -0.735. The number of nitro groups is 1. The number of primary amides is 1. The minimum absolute atomic E-state index is 0.121. The van der Waals surface area contributed by atoms with Crippen LogP contribution in [0.2, 0.25) is 0 Å². The van der Waals surface area contributed by atoms with E-state index in [-0.39, 0.29) is 29.5 Å². The summed E-state index contributed by atoms with van der Waals surface area (Å²) in [6, 6.07) is 4.13. The number of carbonyl (C=O) groups excluding carboxylic acids is 2. The highest BCUT2D eigenvalue weighted by Gasteiger charge is 2.14. The quantitative estimate of drug-likeness (QED) is 0.318. The van der Waals surface area contributed by atoms with Gasteiger partial charge in [0, 0.05) is 28.7 Å². The molecule has 1 aromatic carbocycles. The first-order valence-electron chi connectivity index (χ1n) is 5.92. The van der Waals surface area contributed by atoms with Crippen LogP contribution in [0.5, 0.6) is 0 Å². The van der Waals surface area contributed by atoms with Crippen molar-refractivity contribution in [2.75, 3.05) is 6.54 Å². The van der Waals surface area contributed by atoms with Gasteiger partial charge in [-0.2, -0.15) is 0 Å². The molecule has 0 heterocycles. The molecule has 2 amide bonds. The van der Waals surface area contributed by atoms with Crippen LogP contribution in [0.25, 0.3) is 0 Å². The fraction of sp³-hybridized carbons (Fsp3) is 0.333. The predicted octanol–water partition coefficient (Wildman–Crippen LogP) is 1.58. The number of non-ortho nitro benzene ring substituents is 1. The number of halogens is 1. The van der Waals surface area contributed by atoms with E-state index >= 15 is 0 Å². The van der Waals surface area contributed by atoms with Crippen molar-refractivity contribution >= 4 is 40.1 Å². The van der Waals surface area contributed by atoms with Crippen molar-refractivity contribution in [3.8, 4) is 0 Å². The highest BCUT2D eigenvalue weighted by atomic mass is 127. The van der Waals surface area contributed by atoms with E-state index in [9.17, 15) is 19.7 Å². The van der Waals surface area contributed by atoms with Gasteiger partial charge in [0.1, 0.15) is 0 Å². The lowest BCUT2D eigenvalue weighted by molar-refractivity contribution is -0.384. The van der Waals surface area contributed by atoms with Gasteiger partial charge >= 0.3 is 0 Å². The lowest BCUT2D eigenvalue weighted by atomic mass is 10.2. The number of nitro benzene ring substituents is 1. The van der Waals surface area contributed by atoms with Crippen molar-refractivity contribution in [1.82, 2.24) is 5.32 Å². The largest absolute Gasteiger partial charge is 0.370 e. The Balaban J connectivity index is 2.57. The van der Waals surface area contributed by atoms with E-state index in [4.69, 9.17) is 5.73 Å². The minimum atomic E-state index is -0.542. The Morgan fingerprint density at radius 2 is 2.05 bits per heavy atom.